The minimum Gasteiger partial charge on any atom is -0.497 e. The van der Waals surface area contributed by atoms with Crippen LogP contribution in [0.15, 0.2) is 18.2 Å². The monoisotopic (exact) mass is 191 g/mol. The highest BCUT2D eigenvalue weighted by Gasteiger charge is 2.20. The summed E-state index contributed by atoms with van der Waals surface area (Å²) in [7, 11) is 1.72. The van der Waals surface area contributed by atoms with Gasteiger partial charge in [-0.25, -0.2) is 0 Å². The van der Waals surface area contributed by atoms with Gasteiger partial charge in [-0.05, 0) is 42.6 Å². The third kappa shape index (κ3) is 1.62. The fourth-order valence-corrected chi connectivity index (χ4v) is 1.91. The van der Waals surface area contributed by atoms with Crippen LogP contribution in [0.1, 0.15) is 30.5 Å². The van der Waals surface area contributed by atoms with E-state index < -0.39 is 0 Å². The van der Waals surface area contributed by atoms with Crippen molar-refractivity contribution in [2.45, 2.75) is 25.8 Å². The largest absolute Gasteiger partial charge is 0.497 e. The highest BCUT2D eigenvalue weighted by molar-refractivity contribution is 5.38. The first kappa shape index (κ1) is 9.53. The second-order valence-corrected chi connectivity index (χ2v) is 3.71. The summed E-state index contributed by atoms with van der Waals surface area (Å²) in [6, 6.07) is 6.97. The van der Waals surface area contributed by atoms with Gasteiger partial charge in [0, 0.05) is 6.04 Å². The second kappa shape index (κ2) is 4.01. The Morgan fingerprint density at radius 3 is 2.79 bits per heavy atom. The van der Waals surface area contributed by atoms with Gasteiger partial charge in [0.1, 0.15) is 5.75 Å². The van der Waals surface area contributed by atoms with E-state index in [-0.39, 0.29) is 0 Å². The highest BCUT2D eigenvalue weighted by atomic mass is 16.5. The smallest absolute Gasteiger partial charge is 0.119 e. The van der Waals surface area contributed by atoms with Gasteiger partial charge >= 0.3 is 0 Å². The van der Waals surface area contributed by atoms with Crippen LogP contribution in [0.5, 0.6) is 5.75 Å². The Morgan fingerprint density at radius 2 is 2.29 bits per heavy atom. The summed E-state index contributed by atoms with van der Waals surface area (Å²) >= 11 is 0. The van der Waals surface area contributed by atoms with Crippen LogP contribution in [0.3, 0.4) is 0 Å². The van der Waals surface area contributed by atoms with Crippen LogP contribution in [0.2, 0.25) is 0 Å². The molecular formula is C12H17NO. The number of rotatable bonds is 3. The zero-order valence-corrected chi connectivity index (χ0v) is 8.84. The van der Waals surface area contributed by atoms with E-state index in [2.05, 4.69) is 30.4 Å². The normalized spacial score (nSPS) is 20.3. The average Bonchev–Trinajstić information content (AvgIpc) is 2.16. The Kier molecular flexibility index (Phi) is 2.73. The maximum absolute atomic E-state index is 5.22. The van der Waals surface area contributed by atoms with Crippen LogP contribution in [0, 0.1) is 0 Å². The average molecular weight is 191 g/mol. The fourth-order valence-electron chi connectivity index (χ4n) is 1.91. The lowest BCUT2D eigenvalue weighted by atomic mass is 9.92. The second-order valence-electron chi connectivity index (χ2n) is 3.71. The minimum atomic E-state index is 0.579. The van der Waals surface area contributed by atoms with Gasteiger partial charge in [0.15, 0.2) is 0 Å². The Balaban J connectivity index is 2.29. The molecule has 1 atom stereocenters. The van der Waals surface area contributed by atoms with E-state index in [9.17, 15) is 0 Å². The lowest BCUT2D eigenvalue weighted by molar-refractivity contribution is 0.379. The van der Waals surface area contributed by atoms with Gasteiger partial charge in [-0.3, -0.25) is 0 Å². The molecule has 76 valence electrons. The molecule has 1 fully saturated rings. The topological polar surface area (TPSA) is 21.3 Å². The molecule has 0 aliphatic carbocycles. The summed E-state index contributed by atoms with van der Waals surface area (Å²) in [6.07, 6.45) is 2.34. The molecule has 1 unspecified atom stereocenters. The summed E-state index contributed by atoms with van der Waals surface area (Å²) < 4.78 is 5.22. The molecule has 1 N–H and O–H groups in total. The molecule has 1 aliphatic heterocycles. The molecule has 0 aromatic heterocycles. The van der Waals surface area contributed by atoms with Crippen molar-refractivity contribution in [1.29, 1.82) is 0 Å². The summed E-state index contributed by atoms with van der Waals surface area (Å²) in [6.45, 7) is 3.34. The molecule has 2 nitrogen and oxygen atoms in total. The van der Waals surface area contributed by atoms with Crippen molar-refractivity contribution in [1.82, 2.24) is 5.32 Å². The Labute approximate surface area is 85.3 Å². The van der Waals surface area contributed by atoms with Crippen molar-refractivity contribution < 1.29 is 4.74 Å². The molecule has 0 amide bonds. The van der Waals surface area contributed by atoms with Crippen LogP contribution in [-0.4, -0.2) is 13.7 Å². The number of hydrogen-bond donors (Lipinski definition) is 1. The molecule has 2 rings (SSSR count). The van der Waals surface area contributed by atoms with E-state index in [0.29, 0.717) is 6.04 Å². The van der Waals surface area contributed by atoms with Gasteiger partial charge in [0.25, 0.3) is 0 Å². The van der Waals surface area contributed by atoms with Crippen molar-refractivity contribution in [3.63, 3.8) is 0 Å². The van der Waals surface area contributed by atoms with Gasteiger partial charge in [-0.15, -0.1) is 0 Å². The first-order valence-corrected chi connectivity index (χ1v) is 5.25. The van der Waals surface area contributed by atoms with Gasteiger partial charge in [-0.2, -0.15) is 0 Å². The summed E-state index contributed by atoms with van der Waals surface area (Å²) in [5.41, 5.74) is 2.85. The molecule has 0 saturated carbocycles. The standard InChI is InChI=1S/C12H17NO/c1-3-9-8-10(14-2)4-5-11(9)12-6-7-13-12/h4-5,8,12-13H,3,6-7H2,1-2H3. The maximum atomic E-state index is 5.22. The minimum absolute atomic E-state index is 0.579. The zero-order valence-electron chi connectivity index (χ0n) is 8.84. The number of ether oxygens (including phenoxy) is 1. The lowest BCUT2D eigenvalue weighted by Gasteiger charge is -2.30. The third-order valence-electron chi connectivity index (χ3n) is 2.93. The van der Waals surface area contributed by atoms with E-state index in [4.69, 9.17) is 4.74 Å². The van der Waals surface area contributed by atoms with Gasteiger partial charge in [0.2, 0.25) is 0 Å². The predicted molar refractivity (Wildman–Crippen MR) is 57.7 cm³/mol. The highest BCUT2D eigenvalue weighted by Crippen LogP contribution is 2.28. The van der Waals surface area contributed by atoms with Crippen LogP contribution >= 0.6 is 0 Å². The van der Waals surface area contributed by atoms with Gasteiger partial charge in [-0.1, -0.05) is 13.0 Å². The van der Waals surface area contributed by atoms with Crippen molar-refractivity contribution >= 4 is 0 Å². The third-order valence-corrected chi connectivity index (χ3v) is 2.93. The van der Waals surface area contributed by atoms with Crippen LogP contribution < -0.4 is 10.1 Å². The summed E-state index contributed by atoms with van der Waals surface area (Å²) in [5, 5.41) is 3.43. The Bertz CT molecular complexity index is 318. The Hall–Kier alpha value is -1.02. The summed E-state index contributed by atoms with van der Waals surface area (Å²) in [4.78, 5) is 0. The first-order chi connectivity index (χ1) is 6.85. The molecule has 1 heterocycles. The molecule has 1 aromatic rings. The van der Waals surface area contributed by atoms with Crippen LogP contribution in [0.25, 0.3) is 0 Å². The molecule has 1 aromatic carbocycles. The van der Waals surface area contributed by atoms with Crippen molar-refractivity contribution in [3.8, 4) is 5.75 Å². The van der Waals surface area contributed by atoms with E-state index >= 15 is 0 Å². The number of benzene rings is 1. The molecule has 0 bridgehead atoms. The van der Waals surface area contributed by atoms with E-state index in [1.54, 1.807) is 7.11 Å². The Morgan fingerprint density at radius 1 is 1.50 bits per heavy atom. The molecule has 0 radical (unpaired) electrons. The molecule has 1 saturated heterocycles. The lowest BCUT2D eigenvalue weighted by Crippen LogP contribution is -2.35. The van der Waals surface area contributed by atoms with Crippen molar-refractivity contribution in [2.75, 3.05) is 13.7 Å². The van der Waals surface area contributed by atoms with E-state index in [1.807, 2.05) is 0 Å². The maximum Gasteiger partial charge on any atom is 0.119 e. The number of nitrogens with one attached hydrogen (secondary N) is 1. The quantitative estimate of drug-likeness (QED) is 0.791. The SMILES string of the molecule is CCc1cc(OC)ccc1C1CCN1. The molecular weight excluding hydrogens is 174 g/mol. The van der Waals surface area contributed by atoms with Crippen LogP contribution in [-0.2, 0) is 6.42 Å². The predicted octanol–water partition coefficient (Wildman–Crippen LogP) is 2.29. The molecule has 1 aliphatic rings. The van der Waals surface area contributed by atoms with E-state index in [0.717, 1.165) is 18.7 Å². The molecule has 0 spiro atoms. The summed E-state index contributed by atoms with van der Waals surface area (Å²) in [5.74, 6) is 0.963. The van der Waals surface area contributed by atoms with Gasteiger partial charge in [0.05, 0.1) is 7.11 Å². The number of methoxy groups -OCH3 is 1. The van der Waals surface area contributed by atoms with Gasteiger partial charge < -0.3 is 10.1 Å². The zero-order chi connectivity index (χ0) is 9.97. The molecule has 2 heteroatoms. The van der Waals surface area contributed by atoms with Crippen molar-refractivity contribution in [3.05, 3.63) is 29.3 Å². The number of hydrogen-bond acceptors (Lipinski definition) is 2. The first-order valence-electron chi connectivity index (χ1n) is 5.25. The number of aryl methyl sites for hydroxylation is 1. The van der Waals surface area contributed by atoms with E-state index in [1.165, 1.54) is 17.5 Å². The molecule has 14 heavy (non-hydrogen) atoms. The van der Waals surface area contributed by atoms with Crippen LogP contribution in [0.4, 0.5) is 0 Å². The fraction of sp³-hybridized carbons (Fsp3) is 0.500. The van der Waals surface area contributed by atoms with Crippen molar-refractivity contribution in [2.24, 2.45) is 0 Å².